The van der Waals surface area contributed by atoms with Gasteiger partial charge in [-0.15, -0.1) is 10.2 Å². The van der Waals surface area contributed by atoms with E-state index in [1.165, 1.54) is 0 Å². The molecule has 138 valence electrons. The van der Waals surface area contributed by atoms with Crippen molar-refractivity contribution in [2.45, 2.75) is 37.2 Å². The van der Waals surface area contributed by atoms with Gasteiger partial charge in [0.15, 0.2) is 5.16 Å². The fourth-order valence-electron chi connectivity index (χ4n) is 3.10. The maximum Gasteiger partial charge on any atom is 0.262 e. The molecule has 0 aliphatic heterocycles. The third kappa shape index (κ3) is 3.35. The summed E-state index contributed by atoms with van der Waals surface area (Å²) in [6.45, 7) is 2.74. The molecule has 0 spiro atoms. The molecule has 4 aromatic rings. The minimum atomic E-state index is -0.0124. The number of aromatic nitrogens is 4. The van der Waals surface area contributed by atoms with Crippen LogP contribution in [0.15, 0.2) is 58.5 Å². The Bertz CT molecular complexity index is 1170. The van der Waals surface area contributed by atoms with Gasteiger partial charge in [0.2, 0.25) is 5.78 Å². The van der Waals surface area contributed by atoms with Crippen molar-refractivity contribution >= 4 is 40.0 Å². The summed E-state index contributed by atoms with van der Waals surface area (Å²) < 4.78 is 3.71. The largest absolute Gasteiger partial charge is 0.276 e. The van der Waals surface area contributed by atoms with Crippen LogP contribution in [-0.4, -0.2) is 19.2 Å². The second-order valence-corrected chi connectivity index (χ2v) is 7.68. The number of nitrogens with zero attached hydrogens (tertiary/aromatic N) is 4. The summed E-state index contributed by atoms with van der Waals surface area (Å²) in [5.74, 6) is 1.27. The highest BCUT2D eigenvalue weighted by atomic mass is 35.5. The number of benzene rings is 2. The van der Waals surface area contributed by atoms with Crippen molar-refractivity contribution in [2.24, 2.45) is 0 Å². The lowest BCUT2D eigenvalue weighted by Gasteiger charge is -2.11. The third-order valence-electron chi connectivity index (χ3n) is 4.53. The van der Waals surface area contributed by atoms with Gasteiger partial charge in [-0.25, -0.2) is 0 Å². The Morgan fingerprint density at radius 3 is 2.67 bits per heavy atom. The molecule has 0 aliphatic carbocycles. The molecule has 7 heteroatoms. The number of unbranched alkanes of at least 4 members (excludes halogenated alkanes) is 1. The Morgan fingerprint density at radius 2 is 1.85 bits per heavy atom. The molecule has 0 amide bonds. The monoisotopic (exact) mass is 398 g/mol. The van der Waals surface area contributed by atoms with E-state index in [0.29, 0.717) is 23.5 Å². The van der Waals surface area contributed by atoms with Gasteiger partial charge in [-0.3, -0.25) is 13.8 Å². The highest BCUT2D eigenvalue weighted by Crippen LogP contribution is 2.27. The first-order chi connectivity index (χ1) is 13.2. The fourth-order valence-corrected chi connectivity index (χ4v) is 4.33. The van der Waals surface area contributed by atoms with E-state index in [-0.39, 0.29) is 5.56 Å². The van der Waals surface area contributed by atoms with Gasteiger partial charge in [0, 0.05) is 17.3 Å². The van der Waals surface area contributed by atoms with Gasteiger partial charge < -0.3 is 0 Å². The third-order valence-corrected chi connectivity index (χ3v) is 5.87. The number of fused-ring (bicyclic) bond motifs is 3. The van der Waals surface area contributed by atoms with Crippen molar-refractivity contribution in [3.63, 3.8) is 0 Å². The van der Waals surface area contributed by atoms with Crippen molar-refractivity contribution in [3.8, 4) is 0 Å². The molecule has 2 heterocycles. The smallest absolute Gasteiger partial charge is 0.262 e. The van der Waals surface area contributed by atoms with E-state index in [9.17, 15) is 4.79 Å². The summed E-state index contributed by atoms with van der Waals surface area (Å²) >= 11 is 7.85. The van der Waals surface area contributed by atoms with Gasteiger partial charge in [0.25, 0.3) is 5.56 Å². The molecule has 0 fully saturated rings. The van der Waals surface area contributed by atoms with Crippen LogP contribution in [0, 0.1) is 0 Å². The van der Waals surface area contributed by atoms with E-state index in [4.69, 9.17) is 11.6 Å². The number of hydrogen-bond acceptors (Lipinski definition) is 4. The number of aryl methyl sites for hydroxylation is 1. The molecule has 0 aliphatic rings. The van der Waals surface area contributed by atoms with Crippen LogP contribution in [0.3, 0.4) is 0 Å². The van der Waals surface area contributed by atoms with Crippen LogP contribution < -0.4 is 5.56 Å². The predicted octanol–water partition coefficient (Wildman–Crippen LogP) is 4.79. The van der Waals surface area contributed by atoms with Gasteiger partial charge in [-0.1, -0.05) is 67.0 Å². The molecule has 27 heavy (non-hydrogen) atoms. The Labute approximate surface area is 166 Å². The maximum absolute atomic E-state index is 12.9. The summed E-state index contributed by atoms with van der Waals surface area (Å²) in [7, 11) is 0. The molecule has 2 aromatic carbocycles. The zero-order chi connectivity index (χ0) is 18.8. The normalized spacial score (nSPS) is 11.5. The molecule has 0 atom stereocenters. The molecule has 0 bridgehead atoms. The van der Waals surface area contributed by atoms with Crippen LogP contribution in [0.25, 0.3) is 16.7 Å². The minimum absolute atomic E-state index is 0.0124. The molecule has 0 saturated carbocycles. The van der Waals surface area contributed by atoms with Gasteiger partial charge in [0.05, 0.1) is 10.9 Å². The van der Waals surface area contributed by atoms with Crippen molar-refractivity contribution in [1.82, 2.24) is 19.2 Å². The quantitative estimate of drug-likeness (QED) is 0.438. The fraction of sp³-hybridized carbons (Fsp3) is 0.250. The molecule has 4 rings (SSSR count). The highest BCUT2D eigenvalue weighted by Gasteiger charge is 2.16. The molecule has 0 unspecified atom stereocenters. The molecular weight excluding hydrogens is 380 g/mol. The number of halogens is 1. The van der Waals surface area contributed by atoms with E-state index in [1.807, 2.05) is 52.9 Å². The average Bonchev–Trinajstić information content (AvgIpc) is 3.11. The van der Waals surface area contributed by atoms with E-state index < -0.39 is 0 Å². The van der Waals surface area contributed by atoms with Gasteiger partial charge >= 0.3 is 0 Å². The second-order valence-electron chi connectivity index (χ2n) is 6.33. The zero-order valence-electron chi connectivity index (χ0n) is 14.9. The van der Waals surface area contributed by atoms with Crippen molar-refractivity contribution in [2.75, 3.05) is 0 Å². The SMILES string of the molecule is CCCCn1c(=O)c2ccccc2n2c(SCc3ccccc3Cl)nnc12. The highest BCUT2D eigenvalue weighted by molar-refractivity contribution is 7.98. The molecule has 5 nitrogen and oxygen atoms in total. The van der Waals surface area contributed by atoms with Crippen LogP contribution in [0.1, 0.15) is 25.3 Å². The summed E-state index contributed by atoms with van der Waals surface area (Å²) in [6, 6.07) is 15.4. The van der Waals surface area contributed by atoms with Crippen molar-refractivity contribution in [1.29, 1.82) is 0 Å². The van der Waals surface area contributed by atoms with Crippen LogP contribution in [0.5, 0.6) is 0 Å². The number of hydrogen-bond donors (Lipinski definition) is 0. The summed E-state index contributed by atoms with van der Waals surface area (Å²) in [5.41, 5.74) is 1.86. The van der Waals surface area contributed by atoms with Crippen molar-refractivity contribution in [3.05, 3.63) is 69.5 Å². The van der Waals surface area contributed by atoms with Crippen LogP contribution >= 0.6 is 23.4 Å². The van der Waals surface area contributed by atoms with E-state index in [1.54, 1.807) is 16.3 Å². The molecular formula is C20H19ClN4OS. The minimum Gasteiger partial charge on any atom is -0.276 e. The molecule has 2 aromatic heterocycles. The average molecular weight is 399 g/mol. The lowest BCUT2D eigenvalue weighted by Crippen LogP contribution is -2.23. The molecule has 0 radical (unpaired) electrons. The van der Waals surface area contributed by atoms with E-state index in [2.05, 4.69) is 17.1 Å². The first-order valence-electron chi connectivity index (χ1n) is 8.93. The van der Waals surface area contributed by atoms with Gasteiger partial charge in [-0.05, 0) is 30.2 Å². The Morgan fingerprint density at radius 1 is 1.07 bits per heavy atom. The number of rotatable bonds is 6. The van der Waals surface area contributed by atoms with E-state index in [0.717, 1.165) is 34.1 Å². The summed E-state index contributed by atoms with van der Waals surface area (Å²) in [5, 5.41) is 10.9. The Hall–Kier alpha value is -2.31. The van der Waals surface area contributed by atoms with Crippen molar-refractivity contribution < 1.29 is 0 Å². The second kappa shape index (κ2) is 7.74. The van der Waals surface area contributed by atoms with E-state index >= 15 is 0 Å². The molecule has 0 N–H and O–H groups in total. The van der Waals surface area contributed by atoms with Gasteiger partial charge in [-0.2, -0.15) is 0 Å². The van der Waals surface area contributed by atoms with Crippen LogP contribution in [-0.2, 0) is 12.3 Å². The first-order valence-corrected chi connectivity index (χ1v) is 10.3. The Balaban J connectivity index is 1.84. The number of thioether (sulfide) groups is 1. The van der Waals surface area contributed by atoms with Crippen LogP contribution in [0.4, 0.5) is 0 Å². The first kappa shape index (κ1) is 18.1. The maximum atomic E-state index is 12.9. The molecule has 0 saturated heterocycles. The lowest BCUT2D eigenvalue weighted by atomic mass is 10.2. The zero-order valence-corrected chi connectivity index (χ0v) is 16.5. The summed E-state index contributed by atoms with van der Waals surface area (Å²) in [4.78, 5) is 12.9. The topological polar surface area (TPSA) is 52.2 Å². The lowest BCUT2D eigenvalue weighted by molar-refractivity contribution is 0.620. The predicted molar refractivity (Wildman–Crippen MR) is 111 cm³/mol. The number of para-hydroxylation sites is 1. The Kier molecular flexibility index (Phi) is 5.18. The van der Waals surface area contributed by atoms with Gasteiger partial charge in [0.1, 0.15) is 0 Å². The van der Waals surface area contributed by atoms with Crippen LogP contribution in [0.2, 0.25) is 5.02 Å². The standard InChI is InChI=1S/C20H19ClN4OS/c1-2-3-12-24-18(26)15-9-5-7-11-17(15)25-19(24)22-23-20(25)27-13-14-8-4-6-10-16(14)21/h4-11H,2-3,12-13H2,1H3. The summed E-state index contributed by atoms with van der Waals surface area (Å²) in [6.07, 6.45) is 1.93.